The van der Waals surface area contributed by atoms with E-state index in [1.54, 1.807) is 0 Å². The summed E-state index contributed by atoms with van der Waals surface area (Å²) in [5.74, 6) is 0.104. The van der Waals surface area contributed by atoms with Gasteiger partial charge in [-0.15, -0.1) is 35.4 Å². The molecule has 5 aromatic rings. The van der Waals surface area contributed by atoms with Gasteiger partial charge in [0.15, 0.2) is 5.78 Å². The molecule has 0 spiro atoms. The zero-order valence-corrected chi connectivity index (χ0v) is 33.5. The van der Waals surface area contributed by atoms with Gasteiger partial charge < -0.3 is 10.1 Å². The third kappa shape index (κ3) is 6.35. The Balaban J connectivity index is 0.000000310. The molecule has 0 unspecified atom stereocenters. The average molecular weight is 869 g/mol. The fraction of sp³-hybridized carbons (Fsp3) is 0.364. The standard InChI is InChI=1S/C33H25F3N.C11H20O2.Ir/c1-17-7-6-8-18(13-17)30-22-10-9-21-23(20(22)11-12-37-30)16-26-28-27-24(31(26,2)3)14-19(33(34,35)36)15-25(27)32(4,5)29(21)28;1-10(2,3)8(12)7-9(13)11(4,5)6;/h6-7,9-16H,1-5H3;7,12H,1-6H3;/q-1;;/b;8-7-;. The first-order valence-electron chi connectivity index (χ1n) is 17.1. The van der Waals surface area contributed by atoms with Crippen LogP contribution >= 0.6 is 0 Å². The Morgan fingerprint density at radius 1 is 0.765 bits per heavy atom. The summed E-state index contributed by atoms with van der Waals surface area (Å²) in [6, 6.07) is 20.7. The molecular formula is C44H45F3IrNO2-. The number of alkyl halides is 3. The molecule has 0 bridgehead atoms. The smallest absolute Gasteiger partial charge is 0.416 e. The summed E-state index contributed by atoms with van der Waals surface area (Å²) in [6.45, 7) is 21.4. The third-order valence-electron chi connectivity index (χ3n) is 10.4. The first kappa shape index (κ1) is 38.4. The number of allylic oxidation sites excluding steroid dienone is 2. The molecule has 0 saturated carbocycles. The topological polar surface area (TPSA) is 50.2 Å². The summed E-state index contributed by atoms with van der Waals surface area (Å²) in [7, 11) is 0. The van der Waals surface area contributed by atoms with Crippen molar-refractivity contribution < 1.29 is 43.2 Å². The second-order valence-electron chi connectivity index (χ2n) is 17.0. The van der Waals surface area contributed by atoms with E-state index in [0.717, 1.165) is 71.7 Å². The van der Waals surface area contributed by atoms with E-state index in [1.165, 1.54) is 18.2 Å². The van der Waals surface area contributed by atoms with Crippen LogP contribution in [0.1, 0.15) is 103 Å². The first-order chi connectivity index (χ1) is 23.0. The van der Waals surface area contributed by atoms with Crippen molar-refractivity contribution in [2.75, 3.05) is 0 Å². The Kier molecular flexibility index (Phi) is 9.35. The number of carbonyl (C=O) groups is 1. The van der Waals surface area contributed by atoms with Gasteiger partial charge in [0.2, 0.25) is 0 Å². The summed E-state index contributed by atoms with van der Waals surface area (Å²) < 4.78 is 41.9. The minimum absolute atomic E-state index is 0. The molecule has 1 aromatic heterocycles. The van der Waals surface area contributed by atoms with Crippen molar-refractivity contribution in [3.63, 3.8) is 0 Å². The van der Waals surface area contributed by atoms with Gasteiger partial charge in [0.1, 0.15) is 5.76 Å². The molecule has 3 nitrogen and oxygen atoms in total. The maximum absolute atomic E-state index is 14.0. The van der Waals surface area contributed by atoms with Crippen LogP contribution in [0.2, 0.25) is 0 Å². The summed E-state index contributed by atoms with van der Waals surface area (Å²) in [5, 5.41) is 13.9. The van der Waals surface area contributed by atoms with Gasteiger partial charge in [-0.1, -0.05) is 88.3 Å². The van der Waals surface area contributed by atoms with E-state index in [-0.39, 0.29) is 37.1 Å². The Morgan fingerprint density at radius 2 is 1.35 bits per heavy atom. The number of aryl methyl sites for hydroxylation is 1. The van der Waals surface area contributed by atoms with Crippen molar-refractivity contribution in [3.8, 4) is 22.4 Å². The zero-order valence-electron chi connectivity index (χ0n) is 31.1. The minimum atomic E-state index is -4.39. The Bertz CT molecular complexity index is 2260. The largest absolute Gasteiger partial charge is 0.512 e. The molecule has 1 heterocycles. The van der Waals surface area contributed by atoms with Gasteiger partial charge in [0, 0.05) is 54.0 Å². The number of aliphatic hydroxyl groups excluding tert-OH is 1. The Morgan fingerprint density at radius 3 is 1.92 bits per heavy atom. The predicted octanol–water partition coefficient (Wildman–Crippen LogP) is 12.2. The molecule has 1 N–H and O–H groups in total. The molecule has 7 rings (SSSR count). The average Bonchev–Trinajstić information content (AvgIpc) is 3.38. The number of rotatable bonds is 2. The van der Waals surface area contributed by atoms with Crippen LogP contribution in [0, 0.1) is 23.8 Å². The summed E-state index contributed by atoms with van der Waals surface area (Å²) in [6.07, 6.45) is -1.21. The second-order valence-corrected chi connectivity index (χ2v) is 17.0. The van der Waals surface area contributed by atoms with Crippen LogP contribution in [0.5, 0.6) is 0 Å². The third-order valence-corrected chi connectivity index (χ3v) is 10.4. The van der Waals surface area contributed by atoms with Gasteiger partial charge in [0.05, 0.1) is 5.56 Å². The fourth-order valence-corrected chi connectivity index (χ4v) is 7.37. The predicted molar refractivity (Wildman–Crippen MR) is 198 cm³/mol. The number of benzene rings is 4. The van der Waals surface area contributed by atoms with Crippen LogP contribution in [0.25, 0.3) is 43.9 Å². The molecule has 7 heteroatoms. The zero-order chi connectivity index (χ0) is 36.9. The Hall–Kier alpha value is -3.80. The molecule has 0 aliphatic heterocycles. The number of ketones is 1. The summed E-state index contributed by atoms with van der Waals surface area (Å²) in [4.78, 5) is 16.2. The molecule has 269 valence electrons. The minimum Gasteiger partial charge on any atom is -0.512 e. The molecule has 1 radical (unpaired) electrons. The number of pyridine rings is 1. The van der Waals surface area contributed by atoms with Crippen LogP contribution in [-0.4, -0.2) is 15.9 Å². The van der Waals surface area contributed by atoms with Gasteiger partial charge in [-0.25, -0.2) is 0 Å². The molecule has 0 atom stereocenters. The van der Waals surface area contributed by atoms with Crippen molar-refractivity contribution >= 4 is 27.3 Å². The summed E-state index contributed by atoms with van der Waals surface area (Å²) in [5.41, 5.74) is 6.47. The number of nitrogens with zero attached hydrogens (tertiary/aromatic N) is 1. The van der Waals surface area contributed by atoms with Crippen LogP contribution in [0.15, 0.2) is 72.6 Å². The fourth-order valence-electron chi connectivity index (χ4n) is 7.37. The van der Waals surface area contributed by atoms with E-state index in [1.807, 2.05) is 59.9 Å². The van der Waals surface area contributed by atoms with Gasteiger partial charge in [-0.05, 0) is 84.9 Å². The quantitative estimate of drug-likeness (QED) is 0.0832. The number of carbonyl (C=O) groups excluding carboxylic acids is 1. The van der Waals surface area contributed by atoms with Gasteiger partial charge in [-0.3, -0.25) is 4.79 Å². The number of aromatic nitrogens is 1. The molecule has 2 aliphatic rings. The van der Waals surface area contributed by atoms with Crippen molar-refractivity contribution in [2.24, 2.45) is 10.8 Å². The molecule has 4 aromatic carbocycles. The number of aliphatic hydroxyl groups is 1. The first-order valence-corrected chi connectivity index (χ1v) is 17.1. The van der Waals surface area contributed by atoms with Crippen molar-refractivity contribution in [3.05, 3.63) is 112 Å². The molecule has 51 heavy (non-hydrogen) atoms. The Labute approximate surface area is 312 Å². The van der Waals surface area contributed by atoms with E-state index < -0.39 is 28.0 Å². The SMILES string of the molecule is CC(C)(C)C(=O)/C=C(\O)C(C)(C)C.Cc1cc[c-]c(-c2nccc3c2ccc2c4c5c(cc23)C(C)(C)c2cc(C(F)(F)F)cc(c2-5)C4(C)C)c1.[Ir]. The van der Waals surface area contributed by atoms with Gasteiger partial charge >= 0.3 is 6.18 Å². The van der Waals surface area contributed by atoms with E-state index in [0.29, 0.717) is 0 Å². The molecule has 0 saturated heterocycles. The number of halogens is 3. The maximum Gasteiger partial charge on any atom is 0.416 e. The number of fused-ring (bicyclic) bond motifs is 4. The van der Waals surface area contributed by atoms with Crippen LogP contribution in [0.3, 0.4) is 0 Å². The molecular weight excluding hydrogens is 824 g/mol. The van der Waals surface area contributed by atoms with Crippen LogP contribution in [0.4, 0.5) is 13.2 Å². The maximum atomic E-state index is 14.0. The molecule has 0 amide bonds. The normalized spacial score (nSPS) is 15.7. The van der Waals surface area contributed by atoms with E-state index in [2.05, 4.69) is 71.0 Å². The van der Waals surface area contributed by atoms with Gasteiger partial charge in [-0.2, -0.15) is 13.2 Å². The van der Waals surface area contributed by atoms with Crippen molar-refractivity contribution in [1.82, 2.24) is 4.98 Å². The molecule has 0 fully saturated rings. The number of hydrogen-bond acceptors (Lipinski definition) is 3. The number of hydrogen-bond donors (Lipinski definition) is 1. The molecule has 2 aliphatic carbocycles. The van der Waals surface area contributed by atoms with E-state index >= 15 is 0 Å². The van der Waals surface area contributed by atoms with Crippen LogP contribution in [-0.2, 0) is 41.9 Å². The van der Waals surface area contributed by atoms with E-state index in [4.69, 9.17) is 4.98 Å². The summed E-state index contributed by atoms with van der Waals surface area (Å²) >= 11 is 0. The van der Waals surface area contributed by atoms with Gasteiger partial charge in [0.25, 0.3) is 0 Å². The van der Waals surface area contributed by atoms with Crippen LogP contribution < -0.4 is 0 Å². The monoisotopic (exact) mass is 869 g/mol. The van der Waals surface area contributed by atoms with Crippen molar-refractivity contribution in [2.45, 2.75) is 93.2 Å². The van der Waals surface area contributed by atoms with E-state index in [9.17, 15) is 23.1 Å². The second kappa shape index (κ2) is 12.4. The van der Waals surface area contributed by atoms with Crippen molar-refractivity contribution in [1.29, 1.82) is 0 Å².